The Kier molecular flexibility index (Phi) is 5.26. The number of alkyl halides is 3. The Morgan fingerprint density at radius 1 is 1.06 bits per heavy atom. The fourth-order valence-corrected chi connectivity index (χ4v) is 4.11. The van der Waals surface area contributed by atoms with E-state index in [2.05, 4.69) is 15.1 Å². The van der Waals surface area contributed by atoms with Gasteiger partial charge in [-0.3, -0.25) is 4.79 Å². The monoisotopic (exact) mass is 470 g/mol. The minimum absolute atomic E-state index is 0.0783. The lowest BCUT2D eigenvalue weighted by Crippen LogP contribution is -2.49. The molecule has 0 bridgehead atoms. The number of rotatable bonds is 3. The summed E-state index contributed by atoms with van der Waals surface area (Å²) in [6, 6.07) is 8.42. The smallest absolute Gasteiger partial charge is 0.416 e. The second-order valence-electron chi connectivity index (χ2n) is 8.14. The third kappa shape index (κ3) is 3.97. The van der Waals surface area contributed by atoms with Crippen LogP contribution >= 0.6 is 0 Å². The normalized spacial score (nSPS) is 14.7. The summed E-state index contributed by atoms with van der Waals surface area (Å²) in [5.74, 6) is 1.91. The van der Waals surface area contributed by atoms with Crippen LogP contribution in [0.3, 0.4) is 0 Å². The fourth-order valence-electron chi connectivity index (χ4n) is 4.11. The average Bonchev–Trinajstić information content (AvgIpc) is 3.40. The van der Waals surface area contributed by atoms with Crippen LogP contribution in [0.1, 0.15) is 27.4 Å². The molecule has 0 unspecified atom stereocenters. The summed E-state index contributed by atoms with van der Waals surface area (Å²) in [6.07, 6.45) is -2.95. The van der Waals surface area contributed by atoms with E-state index in [-0.39, 0.29) is 11.7 Å². The molecule has 0 spiro atoms. The van der Waals surface area contributed by atoms with Gasteiger partial charge in [0.05, 0.1) is 16.8 Å². The highest BCUT2D eigenvalue weighted by Gasteiger charge is 2.31. The number of furan rings is 1. The summed E-state index contributed by atoms with van der Waals surface area (Å²) >= 11 is 0. The van der Waals surface area contributed by atoms with Crippen molar-refractivity contribution in [3.63, 3.8) is 0 Å². The summed E-state index contributed by atoms with van der Waals surface area (Å²) in [6.45, 7) is 5.55. The Morgan fingerprint density at radius 3 is 2.50 bits per heavy atom. The van der Waals surface area contributed by atoms with E-state index in [4.69, 9.17) is 4.42 Å². The summed E-state index contributed by atoms with van der Waals surface area (Å²) in [7, 11) is 0. The van der Waals surface area contributed by atoms with Crippen molar-refractivity contribution in [1.82, 2.24) is 24.5 Å². The van der Waals surface area contributed by atoms with Gasteiger partial charge in [0.1, 0.15) is 11.5 Å². The van der Waals surface area contributed by atoms with Crippen LogP contribution in [-0.4, -0.2) is 56.6 Å². The maximum atomic E-state index is 13.2. The highest BCUT2D eigenvalue weighted by molar-refractivity contribution is 5.95. The van der Waals surface area contributed by atoms with Gasteiger partial charge in [-0.05, 0) is 38.1 Å². The van der Waals surface area contributed by atoms with E-state index in [0.29, 0.717) is 60.5 Å². The first-order chi connectivity index (χ1) is 16.2. The van der Waals surface area contributed by atoms with Gasteiger partial charge in [-0.25, -0.2) is 4.98 Å². The molecule has 4 aromatic rings. The van der Waals surface area contributed by atoms with E-state index in [0.717, 1.165) is 12.1 Å². The highest BCUT2D eigenvalue weighted by Crippen LogP contribution is 2.32. The van der Waals surface area contributed by atoms with Gasteiger partial charge in [-0.1, -0.05) is 12.1 Å². The summed E-state index contributed by atoms with van der Waals surface area (Å²) in [5.41, 5.74) is 0.639. The van der Waals surface area contributed by atoms with Crippen molar-refractivity contribution in [2.45, 2.75) is 20.0 Å². The first kappa shape index (κ1) is 21.9. The molecular formula is C23H21F3N6O2. The van der Waals surface area contributed by atoms with Crippen molar-refractivity contribution >= 4 is 17.6 Å². The Labute approximate surface area is 192 Å². The van der Waals surface area contributed by atoms with Gasteiger partial charge < -0.3 is 14.2 Å². The van der Waals surface area contributed by atoms with E-state index in [1.807, 2.05) is 4.90 Å². The van der Waals surface area contributed by atoms with Gasteiger partial charge in [0, 0.05) is 37.9 Å². The minimum atomic E-state index is -4.44. The lowest BCUT2D eigenvalue weighted by molar-refractivity contribution is -0.137. The largest absolute Gasteiger partial charge is 0.466 e. The molecule has 1 aliphatic heterocycles. The van der Waals surface area contributed by atoms with Crippen LogP contribution in [0.4, 0.5) is 19.1 Å². The quantitative estimate of drug-likeness (QED) is 0.451. The number of piperazine rings is 1. The topological polar surface area (TPSA) is 79.8 Å². The van der Waals surface area contributed by atoms with E-state index in [1.165, 1.54) is 16.8 Å². The zero-order chi connectivity index (χ0) is 24.0. The molecule has 34 heavy (non-hydrogen) atoms. The van der Waals surface area contributed by atoms with E-state index in [9.17, 15) is 18.0 Å². The molecule has 0 atom stereocenters. The molecule has 11 heteroatoms. The van der Waals surface area contributed by atoms with Gasteiger partial charge in [0.2, 0.25) is 5.95 Å². The van der Waals surface area contributed by atoms with Crippen LogP contribution in [-0.2, 0) is 6.18 Å². The standard InChI is InChI=1S/C23H21F3N6O2/c1-14-12-18(15(2)34-14)20(33)30-8-10-31(11-9-30)22-28-21-27-7-6-19(32(21)29-22)16-4-3-5-17(13-16)23(24,25)26/h3-7,12-13H,8-11H2,1-2H3. The first-order valence-electron chi connectivity index (χ1n) is 10.7. The third-order valence-corrected chi connectivity index (χ3v) is 5.84. The van der Waals surface area contributed by atoms with E-state index < -0.39 is 11.7 Å². The van der Waals surface area contributed by atoms with E-state index >= 15 is 0 Å². The maximum Gasteiger partial charge on any atom is 0.416 e. The van der Waals surface area contributed by atoms with Crippen molar-refractivity contribution in [2.75, 3.05) is 31.1 Å². The molecule has 176 valence electrons. The van der Waals surface area contributed by atoms with Crippen molar-refractivity contribution in [3.05, 3.63) is 65.2 Å². The maximum absolute atomic E-state index is 13.2. The number of aromatic nitrogens is 4. The van der Waals surface area contributed by atoms with Crippen LogP contribution in [0.5, 0.6) is 0 Å². The number of hydrogen-bond donors (Lipinski definition) is 0. The van der Waals surface area contributed by atoms with Gasteiger partial charge in [-0.15, -0.1) is 5.10 Å². The van der Waals surface area contributed by atoms with Crippen molar-refractivity contribution in [2.24, 2.45) is 0 Å². The molecule has 8 nitrogen and oxygen atoms in total. The number of halogens is 3. The van der Waals surface area contributed by atoms with Crippen LogP contribution < -0.4 is 4.90 Å². The number of aryl methyl sites for hydroxylation is 2. The molecule has 4 heterocycles. The third-order valence-electron chi connectivity index (χ3n) is 5.84. The lowest BCUT2D eigenvalue weighted by Gasteiger charge is -2.34. The zero-order valence-electron chi connectivity index (χ0n) is 18.5. The number of fused-ring (bicyclic) bond motifs is 1. The number of carbonyl (C=O) groups excluding carboxylic acids is 1. The van der Waals surface area contributed by atoms with Crippen molar-refractivity contribution < 1.29 is 22.4 Å². The number of anilines is 1. The van der Waals surface area contributed by atoms with Crippen LogP contribution in [0.15, 0.2) is 47.0 Å². The van der Waals surface area contributed by atoms with Crippen molar-refractivity contribution in [1.29, 1.82) is 0 Å². The van der Waals surface area contributed by atoms with Crippen molar-refractivity contribution in [3.8, 4) is 11.3 Å². The molecule has 1 amide bonds. The molecule has 0 radical (unpaired) electrons. The first-order valence-corrected chi connectivity index (χ1v) is 10.7. The Morgan fingerprint density at radius 2 is 1.82 bits per heavy atom. The van der Waals surface area contributed by atoms with Gasteiger partial charge in [-0.2, -0.15) is 22.7 Å². The SMILES string of the molecule is Cc1cc(C(=O)N2CCN(c3nc4nccc(-c5cccc(C(F)(F)F)c5)n4n3)CC2)c(C)o1. The van der Waals surface area contributed by atoms with Crippen LogP contribution in [0.25, 0.3) is 17.0 Å². The molecule has 3 aromatic heterocycles. The van der Waals surface area contributed by atoms with Crippen LogP contribution in [0, 0.1) is 13.8 Å². The average molecular weight is 470 g/mol. The molecule has 1 aliphatic rings. The van der Waals surface area contributed by atoms with Gasteiger partial charge >= 0.3 is 6.18 Å². The lowest BCUT2D eigenvalue weighted by atomic mass is 10.1. The molecule has 0 aliphatic carbocycles. The summed E-state index contributed by atoms with van der Waals surface area (Å²) < 4.78 is 46.5. The number of amides is 1. The Balaban J connectivity index is 1.37. The highest BCUT2D eigenvalue weighted by atomic mass is 19.4. The predicted octanol–water partition coefficient (Wildman–Crippen LogP) is 3.98. The number of hydrogen-bond acceptors (Lipinski definition) is 6. The van der Waals surface area contributed by atoms with Gasteiger partial charge in [0.15, 0.2) is 0 Å². The molecule has 1 fully saturated rings. The number of benzene rings is 1. The molecule has 5 rings (SSSR count). The molecule has 1 saturated heterocycles. The second-order valence-corrected chi connectivity index (χ2v) is 8.14. The zero-order valence-corrected chi connectivity index (χ0v) is 18.5. The molecular weight excluding hydrogens is 449 g/mol. The fraction of sp³-hybridized carbons (Fsp3) is 0.304. The minimum Gasteiger partial charge on any atom is -0.466 e. The second kappa shape index (κ2) is 8.15. The van der Waals surface area contributed by atoms with E-state index in [1.54, 1.807) is 36.9 Å². The Hall–Kier alpha value is -3.89. The Bertz CT molecular complexity index is 1370. The predicted molar refractivity (Wildman–Crippen MR) is 118 cm³/mol. The van der Waals surface area contributed by atoms with Gasteiger partial charge in [0.25, 0.3) is 11.7 Å². The number of nitrogens with zero attached hydrogens (tertiary/aromatic N) is 6. The molecule has 0 N–H and O–H groups in total. The van der Waals surface area contributed by atoms with Crippen LogP contribution in [0.2, 0.25) is 0 Å². The summed E-state index contributed by atoms with van der Waals surface area (Å²) in [4.78, 5) is 25.2. The molecule has 1 aromatic carbocycles. The summed E-state index contributed by atoms with van der Waals surface area (Å²) in [5, 5.41) is 4.52. The molecule has 0 saturated carbocycles. The number of carbonyl (C=O) groups is 1.